The minimum Gasteiger partial charge on any atom is -0.201 e. The Labute approximate surface area is 601 Å². The van der Waals surface area contributed by atoms with E-state index in [-0.39, 0.29) is 11.1 Å². The molecule has 0 N–H and O–H groups in total. The molecule has 0 saturated carbocycles. The smallest absolute Gasteiger partial charge is 0.201 e. The zero-order valence-corrected chi connectivity index (χ0v) is 61.4. The van der Waals surface area contributed by atoms with Gasteiger partial charge in [-0.05, 0) is 275 Å². The molecule has 0 saturated heterocycles. The van der Waals surface area contributed by atoms with E-state index in [9.17, 15) is 0 Å². The van der Waals surface area contributed by atoms with Gasteiger partial charge in [-0.1, -0.05) is 59.7 Å². The Morgan fingerprint density at radius 1 is 0.216 bits per heavy atom. The van der Waals surface area contributed by atoms with E-state index in [1.165, 1.54) is 89.9 Å². The highest BCUT2D eigenvalue weighted by Gasteiger charge is 2.20. The van der Waals surface area contributed by atoms with Gasteiger partial charge in [0.15, 0.2) is 36.7 Å². The Morgan fingerprint density at radius 3 is 1.04 bits per heavy atom. The van der Waals surface area contributed by atoms with Crippen molar-refractivity contribution in [3.05, 3.63) is 319 Å². The minimum absolute atomic E-state index is 0.0858. The fourth-order valence-corrected chi connectivity index (χ4v) is 12.0. The summed E-state index contributed by atoms with van der Waals surface area (Å²) in [5, 5.41) is 0. The maximum absolute atomic E-state index is 7.75. The van der Waals surface area contributed by atoms with Gasteiger partial charge in [0.1, 0.15) is 42.3 Å². The van der Waals surface area contributed by atoms with Crippen LogP contribution in [0.2, 0.25) is 0 Å². The lowest BCUT2D eigenvalue weighted by Gasteiger charge is -2.09. The number of hydrogen-bond donors (Lipinski definition) is 0. The Balaban J connectivity index is 0.000000183. The first-order chi connectivity index (χ1) is 50.9. The van der Waals surface area contributed by atoms with Gasteiger partial charge in [-0.2, -0.15) is 4.57 Å². The molecule has 6 aromatic heterocycles. The van der Waals surface area contributed by atoms with Crippen molar-refractivity contribution in [3.8, 4) is 67.5 Å². The summed E-state index contributed by atoms with van der Waals surface area (Å²) in [6.07, 6.45) is 10.2. The van der Waals surface area contributed by atoms with Gasteiger partial charge in [-0.3, -0.25) is 0 Å². The summed E-state index contributed by atoms with van der Waals surface area (Å²) in [6.45, 7) is 21.9. The van der Waals surface area contributed by atoms with Crippen molar-refractivity contribution in [3.63, 3.8) is 0 Å². The number of nitrogens with zero attached hydrogens (tertiary/aromatic N) is 6. The van der Waals surface area contributed by atoms with Crippen molar-refractivity contribution in [2.24, 2.45) is 42.3 Å². The zero-order valence-electron chi connectivity index (χ0n) is 73.4. The van der Waals surface area contributed by atoms with Gasteiger partial charge in [0.25, 0.3) is 0 Å². The summed E-state index contributed by atoms with van der Waals surface area (Å²) in [6, 6.07) is 60.6. The fraction of sp³-hybridized carbons (Fsp3) is 0.275. The van der Waals surface area contributed by atoms with Crippen molar-refractivity contribution in [1.29, 1.82) is 0 Å². The lowest BCUT2D eigenvalue weighted by molar-refractivity contribution is -0.667. The topological polar surface area (TPSA) is 23.3 Å². The molecular weight excluding hydrogens is 1180 g/mol. The third kappa shape index (κ3) is 18.4. The lowest BCUT2D eigenvalue weighted by Crippen LogP contribution is -2.36. The molecule has 97 heavy (non-hydrogen) atoms. The third-order valence-electron chi connectivity index (χ3n) is 19.0. The molecule has 12 aromatic rings. The van der Waals surface area contributed by atoms with Gasteiger partial charge in [-0.25, -0.2) is 22.8 Å². The second kappa shape index (κ2) is 33.7. The molecule has 6 aromatic carbocycles. The number of rotatable bonds is 6. The predicted molar refractivity (Wildman–Crippen MR) is 408 cm³/mol. The van der Waals surface area contributed by atoms with Crippen LogP contribution in [-0.4, -0.2) is 0 Å². The van der Waals surface area contributed by atoms with E-state index in [1.807, 2.05) is 137 Å². The van der Waals surface area contributed by atoms with Gasteiger partial charge >= 0.3 is 0 Å². The highest BCUT2D eigenvalue weighted by Crippen LogP contribution is 2.30. The maximum Gasteiger partial charge on any atom is 0.212 e. The van der Waals surface area contributed by atoms with E-state index in [0.717, 1.165) is 55.9 Å². The molecular formula is C91H110N6+6. The molecule has 0 atom stereocenters. The summed E-state index contributed by atoms with van der Waals surface area (Å²) in [5.74, 6) is 0. The van der Waals surface area contributed by atoms with E-state index in [2.05, 4.69) is 207 Å². The van der Waals surface area contributed by atoms with E-state index >= 15 is 0 Å². The van der Waals surface area contributed by atoms with Crippen LogP contribution in [0, 0.1) is 131 Å². The molecule has 0 unspecified atom stereocenters. The Morgan fingerprint density at radius 2 is 0.608 bits per heavy atom. The highest BCUT2D eigenvalue weighted by atomic mass is 15.0. The SMILES string of the molecule is Cc1cc(C)c(-c2cccc[n+]2C)cc1C.Cc1cc(C)c(C)c(-c2cccc[n+]2C)c1.Cc1ccc(-c2cccc[n+]2C)c(C)c1C.[2H]C([2H])([2H])c1cc(-c2ccccc2C)[n+](C)c(C)c1C([2H])([2H])[2H].[2H]C([2H])([2H])c1cc(C)c(C)c(-c2cccc[n+]2C)c1.[2H]C([2H])([2H])c1ccc(-c2cccc[n+]2C)c(C)c1C. The van der Waals surface area contributed by atoms with Crippen LogP contribution in [-0.2, 0) is 42.3 Å². The van der Waals surface area contributed by atoms with Crippen molar-refractivity contribution >= 4 is 0 Å². The first-order valence-electron chi connectivity index (χ1n) is 39.2. The first kappa shape index (κ1) is 58.6. The van der Waals surface area contributed by atoms with Gasteiger partial charge in [0.2, 0.25) is 34.2 Å². The van der Waals surface area contributed by atoms with E-state index in [0.29, 0.717) is 22.5 Å². The number of hydrogen-bond acceptors (Lipinski definition) is 0. The molecule has 6 heteroatoms. The molecule has 498 valence electrons. The maximum atomic E-state index is 7.75. The average Bonchev–Trinajstić information content (AvgIpc) is 0.751. The molecule has 0 bridgehead atoms. The molecule has 6 nitrogen and oxygen atoms in total. The first-order valence-corrected chi connectivity index (χ1v) is 33.2. The lowest BCUT2D eigenvalue weighted by atomic mass is 9.96. The van der Waals surface area contributed by atoms with Gasteiger partial charge in [0, 0.05) is 129 Å². The van der Waals surface area contributed by atoms with Crippen molar-refractivity contribution in [2.75, 3.05) is 0 Å². The molecule has 0 radical (unpaired) electrons. The normalized spacial score (nSPS) is 12.9. The quantitative estimate of drug-likeness (QED) is 0.148. The standard InChI is InChI=1S/C16H20N.5C15H18N/c1-11-8-6-7-9-15(11)16-10-12(2)13(3)14(4)17(16)5;2*1-11-8-9-14(13(3)12(11)2)15-7-5-6-10-16(15)4;1-11-9-13(3)14(10-12(11)2)15-7-5-6-8-16(15)4;2*1-11-9-12(2)13(3)14(10-11)15-7-5-6-8-16(15)4/h6-10H,1-5H3;5*5-10H,1-4H3/q6*+1/i2D3,3D3;1D3;;;1D3;. The molecule has 0 fully saturated rings. The van der Waals surface area contributed by atoms with Crippen LogP contribution in [0.4, 0.5) is 0 Å². The van der Waals surface area contributed by atoms with Crippen LogP contribution in [0.3, 0.4) is 0 Å². The fourth-order valence-electron chi connectivity index (χ4n) is 12.0. The largest absolute Gasteiger partial charge is 0.212 e. The number of aromatic nitrogens is 6. The van der Waals surface area contributed by atoms with E-state index < -0.39 is 27.4 Å². The van der Waals surface area contributed by atoms with Crippen molar-refractivity contribution in [1.82, 2.24) is 0 Å². The van der Waals surface area contributed by atoms with Gasteiger partial charge < -0.3 is 0 Å². The van der Waals surface area contributed by atoms with E-state index in [4.69, 9.17) is 16.4 Å². The Bertz CT molecular complexity index is 5190. The minimum atomic E-state index is -2.49. The van der Waals surface area contributed by atoms with Gasteiger partial charge in [0.05, 0.1) is 0 Å². The highest BCUT2D eigenvalue weighted by molar-refractivity contribution is 5.68. The Hall–Kier alpha value is -9.78. The molecule has 12 rings (SSSR count). The van der Waals surface area contributed by atoms with Gasteiger partial charge in [-0.15, -0.1) is 0 Å². The van der Waals surface area contributed by atoms with Crippen LogP contribution in [0.5, 0.6) is 0 Å². The molecule has 0 aliphatic heterocycles. The van der Waals surface area contributed by atoms with Crippen LogP contribution >= 0.6 is 0 Å². The molecule has 6 heterocycles. The third-order valence-corrected chi connectivity index (χ3v) is 19.0. The molecule has 0 spiro atoms. The van der Waals surface area contributed by atoms with E-state index in [1.54, 1.807) is 36.7 Å². The van der Waals surface area contributed by atoms with Crippen LogP contribution in [0.25, 0.3) is 67.5 Å². The van der Waals surface area contributed by atoms with Crippen LogP contribution in [0.15, 0.2) is 213 Å². The number of aryl methyl sites for hydroxylation is 16. The summed E-state index contributed by atoms with van der Waals surface area (Å²) in [7, 11) is 12.0. The zero-order chi connectivity index (χ0) is 81.1. The van der Waals surface area contributed by atoms with Crippen LogP contribution < -0.4 is 27.4 Å². The number of benzene rings is 6. The second-order valence-corrected chi connectivity index (χ2v) is 25.8. The predicted octanol–water partition coefficient (Wildman–Crippen LogP) is 18.9. The van der Waals surface area contributed by atoms with Crippen molar-refractivity contribution in [2.45, 2.75) is 131 Å². The second-order valence-electron chi connectivity index (χ2n) is 25.8. The molecule has 0 aliphatic rings. The summed E-state index contributed by atoms with van der Waals surface area (Å²) in [4.78, 5) is 0. The summed E-state index contributed by atoms with van der Waals surface area (Å²) < 4.78 is 104. The molecule has 0 aliphatic carbocycles. The average molecular weight is 1300 g/mol. The summed E-state index contributed by atoms with van der Waals surface area (Å²) in [5.41, 5.74) is 31.8. The number of pyridine rings is 6. The van der Waals surface area contributed by atoms with Crippen LogP contribution in [0.1, 0.15) is 122 Å². The van der Waals surface area contributed by atoms with Crippen molar-refractivity contribution < 1.29 is 43.9 Å². The molecule has 0 amide bonds. The summed E-state index contributed by atoms with van der Waals surface area (Å²) >= 11 is 0. The monoisotopic (exact) mass is 1300 g/mol. The Kier molecular flexibility index (Phi) is 20.4.